The second-order valence-electron chi connectivity index (χ2n) is 4.40. The molecule has 1 saturated heterocycles. The highest BCUT2D eigenvalue weighted by atomic mass is 15.0. The molecule has 2 atom stereocenters. The van der Waals surface area contributed by atoms with E-state index in [0.29, 0.717) is 5.41 Å². The van der Waals surface area contributed by atoms with Gasteiger partial charge in [0, 0.05) is 12.6 Å². The standard InChI is InChI=1S/C9H19N/c1-5-8-7(6-10-8)9(2,3)4/h7-8,10H,5-6H2,1-4H3. The van der Waals surface area contributed by atoms with Crippen LogP contribution in [0.5, 0.6) is 0 Å². The van der Waals surface area contributed by atoms with Crippen molar-refractivity contribution in [1.29, 1.82) is 0 Å². The van der Waals surface area contributed by atoms with E-state index in [9.17, 15) is 0 Å². The minimum absolute atomic E-state index is 0.506. The lowest BCUT2D eigenvalue weighted by atomic mass is 9.71. The van der Waals surface area contributed by atoms with Crippen LogP contribution >= 0.6 is 0 Å². The molecule has 0 radical (unpaired) electrons. The monoisotopic (exact) mass is 141 g/mol. The van der Waals surface area contributed by atoms with Gasteiger partial charge in [0.15, 0.2) is 0 Å². The summed E-state index contributed by atoms with van der Waals surface area (Å²) in [5.74, 6) is 0.900. The molecule has 1 N–H and O–H groups in total. The van der Waals surface area contributed by atoms with E-state index in [1.807, 2.05) is 0 Å². The number of nitrogens with one attached hydrogen (secondary N) is 1. The van der Waals surface area contributed by atoms with E-state index < -0.39 is 0 Å². The number of hydrogen-bond donors (Lipinski definition) is 1. The number of hydrogen-bond acceptors (Lipinski definition) is 1. The van der Waals surface area contributed by atoms with Crippen LogP contribution in [0.3, 0.4) is 0 Å². The Morgan fingerprint density at radius 2 is 2.00 bits per heavy atom. The van der Waals surface area contributed by atoms with Crippen LogP contribution in [-0.4, -0.2) is 12.6 Å². The van der Waals surface area contributed by atoms with Gasteiger partial charge in [-0.3, -0.25) is 0 Å². The summed E-state index contributed by atoms with van der Waals surface area (Å²) in [7, 11) is 0. The summed E-state index contributed by atoms with van der Waals surface area (Å²) < 4.78 is 0. The van der Waals surface area contributed by atoms with Gasteiger partial charge in [0.25, 0.3) is 0 Å². The van der Waals surface area contributed by atoms with Crippen LogP contribution in [0.1, 0.15) is 34.1 Å². The van der Waals surface area contributed by atoms with Crippen LogP contribution in [0.4, 0.5) is 0 Å². The van der Waals surface area contributed by atoms with Crippen molar-refractivity contribution in [3.05, 3.63) is 0 Å². The zero-order chi connectivity index (χ0) is 7.78. The Balaban J connectivity index is 2.43. The van der Waals surface area contributed by atoms with Crippen molar-refractivity contribution >= 4 is 0 Å². The Morgan fingerprint density at radius 1 is 1.40 bits per heavy atom. The zero-order valence-electron chi connectivity index (χ0n) is 7.57. The van der Waals surface area contributed by atoms with Crippen molar-refractivity contribution in [1.82, 2.24) is 5.32 Å². The van der Waals surface area contributed by atoms with Gasteiger partial charge in [0.1, 0.15) is 0 Å². The maximum absolute atomic E-state index is 3.45. The van der Waals surface area contributed by atoms with Crippen molar-refractivity contribution < 1.29 is 0 Å². The molecule has 1 aliphatic rings. The van der Waals surface area contributed by atoms with Crippen molar-refractivity contribution in [3.8, 4) is 0 Å². The highest BCUT2D eigenvalue weighted by Gasteiger charge is 2.37. The summed E-state index contributed by atoms with van der Waals surface area (Å²) in [4.78, 5) is 0. The van der Waals surface area contributed by atoms with Crippen LogP contribution in [0.15, 0.2) is 0 Å². The molecule has 1 aliphatic heterocycles. The van der Waals surface area contributed by atoms with Gasteiger partial charge in [-0.2, -0.15) is 0 Å². The highest BCUT2D eigenvalue weighted by Crippen LogP contribution is 2.34. The molecule has 0 spiro atoms. The Hall–Kier alpha value is -0.0400. The van der Waals surface area contributed by atoms with Gasteiger partial charge in [-0.25, -0.2) is 0 Å². The molecule has 1 fully saturated rings. The molecule has 1 rings (SSSR count). The largest absolute Gasteiger partial charge is 0.313 e. The summed E-state index contributed by atoms with van der Waals surface area (Å²) in [6, 6.07) is 0.792. The molecule has 60 valence electrons. The molecule has 10 heavy (non-hydrogen) atoms. The van der Waals surface area contributed by atoms with Crippen LogP contribution < -0.4 is 5.32 Å². The van der Waals surface area contributed by atoms with E-state index in [1.54, 1.807) is 0 Å². The zero-order valence-corrected chi connectivity index (χ0v) is 7.57. The van der Waals surface area contributed by atoms with Crippen LogP contribution in [0, 0.1) is 11.3 Å². The predicted molar refractivity (Wildman–Crippen MR) is 45.0 cm³/mol. The molecule has 0 aromatic heterocycles. The van der Waals surface area contributed by atoms with Gasteiger partial charge in [0.2, 0.25) is 0 Å². The Bertz CT molecular complexity index is 110. The molecule has 0 aromatic rings. The van der Waals surface area contributed by atoms with Crippen LogP contribution in [0.2, 0.25) is 0 Å². The molecule has 0 aliphatic carbocycles. The molecular weight excluding hydrogens is 122 g/mol. The lowest BCUT2D eigenvalue weighted by Crippen LogP contribution is -2.57. The second-order valence-corrected chi connectivity index (χ2v) is 4.40. The lowest BCUT2D eigenvalue weighted by molar-refractivity contribution is 0.0962. The lowest BCUT2D eigenvalue weighted by Gasteiger charge is -2.46. The third kappa shape index (κ3) is 1.34. The Kier molecular flexibility index (Phi) is 2.04. The molecule has 1 nitrogen and oxygen atoms in total. The molecule has 0 aromatic carbocycles. The first-order chi connectivity index (χ1) is 4.55. The normalized spacial score (nSPS) is 33.6. The first-order valence-corrected chi connectivity index (χ1v) is 4.29. The van der Waals surface area contributed by atoms with Gasteiger partial charge >= 0.3 is 0 Å². The van der Waals surface area contributed by atoms with E-state index in [2.05, 4.69) is 33.0 Å². The van der Waals surface area contributed by atoms with Gasteiger partial charge in [-0.1, -0.05) is 27.7 Å². The van der Waals surface area contributed by atoms with Crippen LogP contribution in [0.25, 0.3) is 0 Å². The third-order valence-electron chi connectivity index (χ3n) is 2.64. The summed E-state index contributed by atoms with van der Waals surface area (Å²) in [5, 5.41) is 3.45. The van der Waals surface area contributed by atoms with Crippen molar-refractivity contribution in [2.75, 3.05) is 6.54 Å². The third-order valence-corrected chi connectivity index (χ3v) is 2.64. The topological polar surface area (TPSA) is 12.0 Å². The fourth-order valence-electron chi connectivity index (χ4n) is 1.74. The molecular formula is C9H19N. The summed E-state index contributed by atoms with van der Waals surface area (Å²) >= 11 is 0. The predicted octanol–water partition coefficient (Wildman–Crippen LogP) is 2.03. The molecule has 0 amide bonds. The summed E-state index contributed by atoms with van der Waals surface area (Å²) in [6.07, 6.45) is 1.28. The molecule has 1 heteroatoms. The fourth-order valence-corrected chi connectivity index (χ4v) is 1.74. The van der Waals surface area contributed by atoms with Crippen molar-refractivity contribution in [2.45, 2.75) is 40.2 Å². The van der Waals surface area contributed by atoms with E-state index in [1.165, 1.54) is 13.0 Å². The van der Waals surface area contributed by atoms with Gasteiger partial charge in [-0.05, 0) is 17.8 Å². The molecule has 2 unspecified atom stereocenters. The maximum Gasteiger partial charge on any atom is 0.0110 e. The number of rotatable bonds is 1. The SMILES string of the molecule is CCC1NCC1C(C)(C)C. The van der Waals surface area contributed by atoms with E-state index in [-0.39, 0.29) is 0 Å². The van der Waals surface area contributed by atoms with E-state index >= 15 is 0 Å². The Morgan fingerprint density at radius 3 is 2.10 bits per heavy atom. The first kappa shape index (κ1) is 8.06. The highest BCUT2D eigenvalue weighted by molar-refractivity contribution is 4.93. The quantitative estimate of drug-likeness (QED) is 0.589. The minimum atomic E-state index is 0.506. The van der Waals surface area contributed by atoms with Gasteiger partial charge in [0.05, 0.1) is 0 Å². The first-order valence-electron chi connectivity index (χ1n) is 4.29. The van der Waals surface area contributed by atoms with Gasteiger partial charge in [-0.15, -0.1) is 0 Å². The smallest absolute Gasteiger partial charge is 0.0110 e. The minimum Gasteiger partial charge on any atom is -0.313 e. The van der Waals surface area contributed by atoms with E-state index in [0.717, 1.165) is 12.0 Å². The molecule has 0 bridgehead atoms. The average molecular weight is 141 g/mol. The van der Waals surface area contributed by atoms with Crippen molar-refractivity contribution in [3.63, 3.8) is 0 Å². The summed E-state index contributed by atoms with van der Waals surface area (Å²) in [5.41, 5.74) is 0.506. The van der Waals surface area contributed by atoms with Gasteiger partial charge < -0.3 is 5.32 Å². The molecule has 0 saturated carbocycles. The molecule has 1 heterocycles. The summed E-state index contributed by atoms with van der Waals surface area (Å²) in [6.45, 7) is 10.5. The van der Waals surface area contributed by atoms with Crippen LogP contribution in [-0.2, 0) is 0 Å². The Labute approximate surface area is 64.2 Å². The second kappa shape index (κ2) is 2.54. The van der Waals surface area contributed by atoms with E-state index in [4.69, 9.17) is 0 Å². The van der Waals surface area contributed by atoms with Crippen molar-refractivity contribution in [2.24, 2.45) is 11.3 Å². The average Bonchev–Trinajstić information content (AvgIpc) is 1.57. The fraction of sp³-hybridized carbons (Fsp3) is 1.00. The maximum atomic E-state index is 3.45.